The molecule has 0 heterocycles. The zero-order valence-electron chi connectivity index (χ0n) is 19.4. The van der Waals surface area contributed by atoms with Crippen LogP contribution in [0.25, 0.3) is 0 Å². The van der Waals surface area contributed by atoms with Gasteiger partial charge in [-0.15, -0.1) is 0 Å². The van der Waals surface area contributed by atoms with Crippen molar-refractivity contribution in [2.24, 2.45) is 11.7 Å². The van der Waals surface area contributed by atoms with E-state index in [2.05, 4.69) is 9.47 Å². The van der Waals surface area contributed by atoms with Crippen LogP contribution in [0, 0.1) is 5.92 Å². The summed E-state index contributed by atoms with van der Waals surface area (Å²) in [5.74, 6) is -1.76. The molecule has 0 aliphatic heterocycles. The summed E-state index contributed by atoms with van der Waals surface area (Å²) in [7, 11) is 2.19. The maximum Gasteiger partial charge on any atom is 0.513 e. The summed E-state index contributed by atoms with van der Waals surface area (Å²) in [4.78, 5) is 46.9. The standard InChI is InChI=1S/C22H31NO10/c1-13(2)6-9-18(24)31-14(3)11-22(23,19(25)26)12-15-7-8-16(32-20(27)29-4)17(10-15)33-21(28)30-5/h7-8,10,13-14H,6,9,11-12,23H2,1-5H3,(H,25,26)/t14-,22?/m0/s1. The molecule has 1 aromatic carbocycles. The minimum absolute atomic E-state index is 0.151. The first-order valence-corrected chi connectivity index (χ1v) is 10.3. The average Bonchev–Trinajstić information content (AvgIpc) is 2.73. The third-order valence-electron chi connectivity index (χ3n) is 4.58. The number of benzene rings is 1. The van der Waals surface area contributed by atoms with Crippen LogP contribution in [0.3, 0.4) is 0 Å². The Morgan fingerprint density at radius 1 is 1.00 bits per heavy atom. The van der Waals surface area contributed by atoms with E-state index >= 15 is 0 Å². The first-order valence-electron chi connectivity index (χ1n) is 10.3. The Bertz CT molecular complexity index is 854. The van der Waals surface area contributed by atoms with Crippen molar-refractivity contribution in [1.82, 2.24) is 0 Å². The molecule has 0 fully saturated rings. The summed E-state index contributed by atoms with van der Waals surface area (Å²) in [6.45, 7) is 5.52. The molecule has 0 amide bonds. The number of carbonyl (C=O) groups excluding carboxylic acids is 3. The molecule has 0 radical (unpaired) electrons. The molecule has 2 atom stereocenters. The highest BCUT2D eigenvalue weighted by atomic mass is 16.7. The lowest BCUT2D eigenvalue weighted by Gasteiger charge is -2.28. The molecule has 0 aliphatic carbocycles. The Hall–Kier alpha value is -3.34. The molecule has 1 unspecified atom stereocenters. The number of carbonyl (C=O) groups is 4. The van der Waals surface area contributed by atoms with Crippen molar-refractivity contribution in [3.8, 4) is 11.5 Å². The minimum atomic E-state index is -1.80. The van der Waals surface area contributed by atoms with Crippen molar-refractivity contribution in [2.75, 3.05) is 14.2 Å². The molecular formula is C22H31NO10. The fourth-order valence-electron chi connectivity index (χ4n) is 2.93. The number of carboxylic acids is 1. The first kappa shape index (κ1) is 27.7. The third-order valence-corrected chi connectivity index (χ3v) is 4.58. The van der Waals surface area contributed by atoms with Gasteiger partial charge in [-0.2, -0.15) is 0 Å². The van der Waals surface area contributed by atoms with Gasteiger partial charge >= 0.3 is 24.2 Å². The van der Waals surface area contributed by atoms with Gasteiger partial charge in [0.1, 0.15) is 11.6 Å². The van der Waals surface area contributed by atoms with E-state index in [0.717, 1.165) is 14.2 Å². The minimum Gasteiger partial charge on any atom is -0.480 e. The third kappa shape index (κ3) is 9.36. The smallest absolute Gasteiger partial charge is 0.480 e. The molecule has 0 aromatic heterocycles. The molecule has 0 spiro atoms. The predicted octanol–water partition coefficient (Wildman–Crippen LogP) is 3.06. The molecule has 1 rings (SSSR count). The maximum absolute atomic E-state index is 12.0. The molecular weight excluding hydrogens is 438 g/mol. The number of methoxy groups -OCH3 is 2. The van der Waals surface area contributed by atoms with Gasteiger partial charge in [-0.1, -0.05) is 19.9 Å². The highest BCUT2D eigenvalue weighted by Gasteiger charge is 2.37. The number of carboxylic acid groups (broad SMARTS) is 1. The summed E-state index contributed by atoms with van der Waals surface area (Å²) in [6, 6.07) is 4.04. The molecule has 11 nitrogen and oxygen atoms in total. The summed E-state index contributed by atoms with van der Waals surface area (Å²) < 4.78 is 24.1. The SMILES string of the molecule is COC(=O)Oc1ccc(CC(N)(C[C@H](C)OC(=O)CCC(C)C)C(=O)O)cc1OC(=O)OC. The number of nitrogens with two attached hydrogens (primary N) is 1. The summed E-state index contributed by atoms with van der Waals surface area (Å²) >= 11 is 0. The second-order valence-corrected chi connectivity index (χ2v) is 7.97. The molecule has 11 heteroatoms. The van der Waals surface area contributed by atoms with Crippen molar-refractivity contribution in [1.29, 1.82) is 0 Å². The zero-order valence-corrected chi connectivity index (χ0v) is 19.4. The van der Waals surface area contributed by atoms with Crippen molar-refractivity contribution >= 4 is 24.2 Å². The number of esters is 1. The predicted molar refractivity (Wildman–Crippen MR) is 115 cm³/mol. The van der Waals surface area contributed by atoms with Crippen LogP contribution in [0.4, 0.5) is 9.59 Å². The quantitative estimate of drug-likeness (QED) is 0.278. The van der Waals surface area contributed by atoms with Gasteiger partial charge in [0.2, 0.25) is 0 Å². The van der Waals surface area contributed by atoms with E-state index in [1.54, 1.807) is 6.92 Å². The van der Waals surface area contributed by atoms with Gasteiger partial charge in [0.05, 0.1) is 14.2 Å². The van der Waals surface area contributed by atoms with Crippen LogP contribution >= 0.6 is 0 Å². The second kappa shape index (κ2) is 12.6. The number of ether oxygens (including phenoxy) is 5. The fourth-order valence-corrected chi connectivity index (χ4v) is 2.93. The van der Waals surface area contributed by atoms with E-state index in [0.29, 0.717) is 17.9 Å². The molecule has 184 valence electrons. The van der Waals surface area contributed by atoms with Gasteiger partial charge in [0.25, 0.3) is 0 Å². The van der Waals surface area contributed by atoms with E-state index in [4.69, 9.17) is 19.9 Å². The van der Waals surface area contributed by atoms with Crippen molar-refractivity contribution in [3.05, 3.63) is 23.8 Å². The van der Waals surface area contributed by atoms with Crippen LogP contribution in [0.2, 0.25) is 0 Å². The van der Waals surface area contributed by atoms with Gasteiger partial charge in [-0.3, -0.25) is 9.59 Å². The monoisotopic (exact) mass is 469 g/mol. The van der Waals surface area contributed by atoms with E-state index < -0.39 is 35.9 Å². The number of hydrogen-bond donors (Lipinski definition) is 2. The second-order valence-electron chi connectivity index (χ2n) is 7.97. The lowest BCUT2D eigenvalue weighted by Crippen LogP contribution is -2.52. The molecule has 1 aromatic rings. The zero-order chi connectivity index (χ0) is 25.2. The van der Waals surface area contributed by atoms with Crippen LogP contribution in [-0.4, -0.2) is 55.2 Å². The number of rotatable bonds is 11. The van der Waals surface area contributed by atoms with E-state index in [-0.39, 0.29) is 30.8 Å². The summed E-state index contributed by atoms with van der Waals surface area (Å²) in [5.41, 5.74) is 4.72. The van der Waals surface area contributed by atoms with Gasteiger partial charge in [-0.05, 0) is 37.0 Å². The van der Waals surface area contributed by atoms with Crippen LogP contribution in [0.5, 0.6) is 11.5 Å². The van der Waals surface area contributed by atoms with E-state index in [1.165, 1.54) is 18.2 Å². The molecule has 0 saturated carbocycles. The van der Waals surface area contributed by atoms with Crippen LogP contribution in [-0.2, 0) is 30.2 Å². The fraction of sp³-hybridized carbons (Fsp3) is 0.545. The van der Waals surface area contributed by atoms with Gasteiger partial charge < -0.3 is 34.5 Å². The Balaban J connectivity index is 3.05. The van der Waals surface area contributed by atoms with Gasteiger partial charge in [0, 0.05) is 19.3 Å². The Morgan fingerprint density at radius 3 is 2.09 bits per heavy atom. The van der Waals surface area contributed by atoms with Crippen molar-refractivity contribution in [3.63, 3.8) is 0 Å². The Kier molecular flexibility index (Phi) is 10.6. The summed E-state index contributed by atoms with van der Waals surface area (Å²) in [6.07, 6.45) is -2.37. The number of aliphatic carboxylic acids is 1. The van der Waals surface area contributed by atoms with Crippen LogP contribution in [0.15, 0.2) is 18.2 Å². The highest BCUT2D eigenvalue weighted by molar-refractivity contribution is 5.79. The van der Waals surface area contributed by atoms with Gasteiger partial charge in [-0.25, -0.2) is 9.59 Å². The maximum atomic E-state index is 12.0. The lowest BCUT2D eigenvalue weighted by molar-refractivity contribution is -0.153. The van der Waals surface area contributed by atoms with Crippen molar-refractivity contribution in [2.45, 2.75) is 58.1 Å². The van der Waals surface area contributed by atoms with E-state index in [1.807, 2.05) is 13.8 Å². The van der Waals surface area contributed by atoms with Gasteiger partial charge in [0.15, 0.2) is 11.5 Å². The largest absolute Gasteiger partial charge is 0.513 e. The normalized spacial score (nSPS) is 13.4. The first-order chi connectivity index (χ1) is 15.4. The lowest BCUT2D eigenvalue weighted by atomic mass is 9.86. The topological polar surface area (TPSA) is 161 Å². The van der Waals surface area contributed by atoms with Crippen LogP contribution < -0.4 is 15.2 Å². The molecule has 0 saturated heterocycles. The number of hydrogen-bond acceptors (Lipinski definition) is 10. The van der Waals surface area contributed by atoms with E-state index in [9.17, 15) is 24.3 Å². The van der Waals surface area contributed by atoms with Crippen molar-refractivity contribution < 1.29 is 48.0 Å². The highest BCUT2D eigenvalue weighted by Crippen LogP contribution is 2.31. The van der Waals surface area contributed by atoms with Crippen LogP contribution in [0.1, 0.15) is 45.6 Å². The Morgan fingerprint density at radius 2 is 1.58 bits per heavy atom. The molecule has 0 aliphatic rings. The average molecular weight is 469 g/mol. The molecule has 0 bridgehead atoms. The summed E-state index contributed by atoms with van der Waals surface area (Å²) in [5, 5.41) is 9.75. The molecule has 3 N–H and O–H groups in total. The Labute approximate surface area is 192 Å². The molecule has 33 heavy (non-hydrogen) atoms.